The van der Waals surface area contributed by atoms with Crippen LogP contribution in [0.3, 0.4) is 0 Å². The summed E-state index contributed by atoms with van der Waals surface area (Å²) in [5.74, 6) is -3.15. The first-order valence-electron chi connectivity index (χ1n) is 10.1. The minimum absolute atomic E-state index is 0.0228. The van der Waals surface area contributed by atoms with Crippen molar-refractivity contribution in [1.29, 1.82) is 5.26 Å². The standard InChI is InChI=1S/C22H24BrN3O4S/c1-13-6-3-4-9-26(13)17(27)12-31-21-16(11-24)18(14-7-5-8-15(23)10-14)19(20(28)25-21)22(29)30-2/h5,7-8,10,13,18-19H,3-4,6,9,12H2,1-2H3,(H,25,28)/t13-,18+,19-/m0/s1. The summed E-state index contributed by atoms with van der Waals surface area (Å²) < 4.78 is 5.61. The lowest BCUT2D eigenvalue weighted by Gasteiger charge is -2.34. The predicted octanol–water partition coefficient (Wildman–Crippen LogP) is 3.32. The molecule has 0 aromatic heterocycles. The van der Waals surface area contributed by atoms with Crippen LogP contribution < -0.4 is 5.32 Å². The van der Waals surface area contributed by atoms with Crippen molar-refractivity contribution in [3.63, 3.8) is 0 Å². The quantitative estimate of drug-likeness (QED) is 0.486. The van der Waals surface area contributed by atoms with E-state index in [2.05, 4.69) is 27.3 Å². The van der Waals surface area contributed by atoms with Crippen LogP contribution in [0.2, 0.25) is 0 Å². The van der Waals surface area contributed by atoms with E-state index in [0.29, 0.717) is 10.6 Å². The molecule has 164 valence electrons. The fraction of sp³-hybridized carbons (Fsp3) is 0.455. The maximum Gasteiger partial charge on any atom is 0.319 e. The number of halogens is 1. The van der Waals surface area contributed by atoms with E-state index in [-0.39, 0.29) is 23.3 Å². The molecule has 2 heterocycles. The zero-order valence-corrected chi connectivity index (χ0v) is 19.8. The molecule has 3 rings (SSSR count). The minimum Gasteiger partial charge on any atom is -0.468 e. The van der Waals surface area contributed by atoms with Crippen LogP contribution in [0.4, 0.5) is 0 Å². The van der Waals surface area contributed by atoms with Gasteiger partial charge in [-0.15, -0.1) is 0 Å². The van der Waals surface area contributed by atoms with Crippen molar-refractivity contribution in [3.05, 3.63) is 44.9 Å². The largest absolute Gasteiger partial charge is 0.468 e. The number of esters is 1. The molecule has 3 atom stereocenters. The number of nitrogens with one attached hydrogen (secondary N) is 1. The first-order valence-corrected chi connectivity index (χ1v) is 11.9. The first-order chi connectivity index (χ1) is 14.9. The Morgan fingerprint density at radius 3 is 2.81 bits per heavy atom. The van der Waals surface area contributed by atoms with Gasteiger partial charge in [0, 0.05) is 23.0 Å². The van der Waals surface area contributed by atoms with E-state index >= 15 is 0 Å². The lowest BCUT2D eigenvalue weighted by atomic mass is 9.78. The molecule has 2 aliphatic rings. The normalized spacial score (nSPS) is 23.7. The summed E-state index contributed by atoms with van der Waals surface area (Å²) in [4.78, 5) is 39.9. The van der Waals surface area contributed by atoms with Gasteiger partial charge >= 0.3 is 5.97 Å². The molecule has 0 radical (unpaired) electrons. The molecular formula is C22H24BrN3O4S. The number of carbonyl (C=O) groups is 3. The van der Waals surface area contributed by atoms with E-state index in [0.717, 1.165) is 42.0 Å². The zero-order chi connectivity index (χ0) is 22.5. The van der Waals surface area contributed by atoms with Gasteiger partial charge in [-0.3, -0.25) is 14.4 Å². The summed E-state index contributed by atoms with van der Waals surface area (Å²) in [5, 5.41) is 12.9. The molecule has 9 heteroatoms. The summed E-state index contributed by atoms with van der Waals surface area (Å²) >= 11 is 4.53. The third kappa shape index (κ3) is 5.13. The van der Waals surface area contributed by atoms with Crippen LogP contribution in [-0.2, 0) is 19.1 Å². The van der Waals surface area contributed by atoms with Gasteiger partial charge in [0.25, 0.3) is 0 Å². The number of hydrogen-bond donors (Lipinski definition) is 1. The maximum atomic E-state index is 12.9. The molecule has 1 fully saturated rings. The molecule has 7 nitrogen and oxygen atoms in total. The molecule has 31 heavy (non-hydrogen) atoms. The highest BCUT2D eigenvalue weighted by Crippen LogP contribution is 2.40. The molecule has 0 saturated carbocycles. The third-order valence-corrected chi connectivity index (χ3v) is 7.15. The van der Waals surface area contributed by atoms with Crippen molar-refractivity contribution in [2.45, 2.75) is 38.1 Å². The van der Waals surface area contributed by atoms with Gasteiger partial charge in [-0.2, -0.15) is 5.26 Å². The van der Waals surface area contributed by atoms with Crippen LogP contribution in [0, 0.1) is 17.2 Å². The number of piperidine rings is 1. The minimum atomic E-state index is -1.18. The zero-order valence-electron chi connectivity index (χ0n) is 17.4. The van der Waals surface area contributed by atoms with E-state index in [1.165, 1.54) is 7.11 Å². The summed E-state index contributed by atoms with van der Waals surface area (Å²) in [6.45, 7) is 2.76. The second-order valence-corrected chi connectivity index (χ2v) is 9.50. The second-order valence-electron chi connectivity index (χ2n) is 7.60. The third-order valence-electron chi connectivity index (χ3n) is 5.65. The van der Waals surface area contributed by atoms with Gasteiger partial charge in [0.2, 0.25) is 11.8 Å². The van der Waals surface area contributed by atoms with Crippen molar-refractivity contribution in [2.24, 2.45) is 5.92 Å². The highest BCUT2D eigenvalue weighted by atomic mass is 79.9. The molecular weight excluding hydrogens is 482 g/mol. The number of nitrogens with zero attached hydrogens (tertiary/aromatic N) is 2. The Bertz CT molecular complexity index is 958. The lowest BCUT2D eigenvalue weighted by molar-refractivity contribution is -0.150. The molecule has 1 N–H and O–H groups in total. The molecule has 0 unspecified atom stereocenters. The number of nitriles is 1. The van der Waals surface area contributed by atoms with Gasteiger partial charge in [0.1, 0.15) is 5.92 Å². The fourth-order valence-corrected chi connectivity index (χ4v) is 5.42. The van der Waals surface area contributed by atoms with Gasteiger partial charge in [0.05, 0.1) is 29.5 Å². The Morgan fingerprint density at radius 1 is 1.39 bits per heavy atom. The number of ether oxygens (including phenoxy) is 1. The first kappa shape index (κ1) is 23.4. The smallest absolute Gasteiger partial charge is 0.319 e. The average molecular weight is 506 g/mol. The average Bonchev–Trinajstić information content (AvgIpc) is 2.76. The molecule has 0 bridgehead atoms. The van der Waals surface area contributed by atoms with E-state index in [1.807, 2.05) is 17.9 Å². The Balaban J connectivity index is 1.92. The number of amides is 2. The summed E-state index contributed by atoms with van der Waals surface area (Å²) in [6, 6.07) is 9.49. The second kappa shape index (κ2) is 10.3. The molecule has 2 aliphatic heterocycles. The maximum absolute atomic E-state index is 12.9. The van der Waals surface area contributed by atoms with E-state index < -0.39 is 23.7 Å². The Labute approximate surface area is 194 Å². The molecule has 1 saturated heterocycles. The Hall–Kier alpha value is -2.31. The van der Waals surface area contributed by atoms with Crippen molar-refractivity contribution >= 4 is 45.5 Å². The summed E-state index contributed by atoms with van der Waals surface area (Å²) in [6.07, 6.45) is 3.07. The lowest BCUT2D eigenvalue weighted by Crippen LogP contribution is -2.45. The topological polar surface area (TPSA) is 99.5 Å². The predicted molar refractivity (Wildman–Crippen MR) is 121 cm³/mol. The fourth-order valence-electron chi connectivity index (χ4n) is 4.07. The Kier molecular flexibility index (Phi) is 7.79. The van der Waals surface area contributed by atoms with Gasteiger partial charge in [-0.25, -0.2) is 0 Å². The summed E-state index contributed by atoms with van der Waals surface area (Å²) in [5.41, 5.74) is 0.892. The molecule has 1 aromatic carbocycles. The number of carbonyl (C=O) groups excluding carboxylic acids is 3. The number of likely N-dealkylation sites (tertiary alicyclic amines) is 1. The van der Waals surface area contributed by atoms with Gasteiger partial charge in [-0.05, 0) is 43.9 Å². The Morgan fingerprint density at radius 2 is 2.16 bits per heavy atom. The number of benzene rings is 1. The van der Waals surface area contributed by atoms with Crippen molar-refractivity contribution in [2.75, 3.05) is 19.4 Å². The van der Waals surface area contributed by atoms with Crippen molar-refractivity contribution in [3.8, 4) is 6.07 Å². The van der Waals surface area contributed by atoms with E-state index in [9.17, 15) is 19.6 Å². The molecule has 1 aromatic rings. The van der Waals surface area contributed by atoms with Crippen LogP contribution in [0.5, 0.6) is 0 Å². The summed E-state index contributed by atoms with van der Waals surface area (Å²) in [7, 11) is 1.21. The number of allylic oxidation sites excluding steroid dienone is 1. The van der Waals surface area contributed by atoms with E-state index in [1.54, 1.807) is 18.2 Å². The van der Waals surface area contributed by atoms with Crippen LogP contribution >= 0.6 is 27.7 Å². The molecule has 2 amide bonds. The number of hydrogen-bond acceptors (Lipinski definition) is 6. The van der Waals surface area contributed by atoms with E-state index in [4.69, 9.17) is 4.74 Å². The van der Waals surface area contributed by atoms with Crippen LogP contribution in [0.1, 0.15) is 37.7 Å². The molecule has 0 spiro atoms. The van der Waals surface area contributed by atoms with Crippen molar-refractivity contribution in [1.82, 2.24) is 10.2 Å². The van der Waals surface area contributed by atoms with Crippen molar-refractivity contribution < 1.29 is 19.1 Å². The van der Waals surface area contributed by atoms with Gasteiger partial charge in [-0.1, -0.05) is 39.8 Å². The highest BCUT2D eigenvalue weighted by Gasteiger charge is 2.44. The van der Waals surface area contributed by atoms with Gasteiger partial charge in [0.15, 0.2) is 0 Å². The number of rotatable bonds is 5. The van der Waals surface area contributed by atoms with Crippen LogP contribution in [-0.4, -0.2) is 48.1 Å². The number of thioether (sulfide) groups is 1. The monoisotopic (exact) mass is 505 g/mol. The van der Waals surface area contributed by atoms with Crippen LogP contribution in [0.15, 0.2) is 39.3 Å². The van der Waals surface area contributed by atoms with Gasteiger partial charge < -0.3 is 15.0 Å². The highest BCUT2D eigenvalue weighted by molar-refractivity contribution is 9.10. The van der Waals surface area contributed by atoms with Crippen LogP contribution in [0.25, 0.3) is 0 Å². The SMILES string of the molecule is COC(=O)[C@@H]1C(=O)NC(SCC(=O)N2CCCC[C@@H]2C)=C(C#N)[C@H]1c1cccc(Br)c1. The number of methoxy groups -OCH3 is 1. The molecule has 0 aliphatic carbocycles.